The Morgan fingerprint density at radius 3 is 1.36 bits per heavy atom. The van der Waals surface area contributed by atoms with Gasteiger partial charge in [-0.3, -0.25) is 0 Å². The number of benzene rings is 3. The Hall–Kier alpha value is -2.34. The van der Waals surface area contributed by atoms with Crippen molar-refractivity contribution in [3.63, 3.8) is 0 Å². The summed E-state index contributed by atoms with van der Waals surface area (Å²) in [6.07, 6.45) is 2.08. The second kappa shape index (κ2) is 7.27. The molecule has 0 spiro atoms. The summed E-state index contributed by atoms with van der Waals surface area (Å²) in [5.74, 6) is 0. The lowest BCUT2D eigenvalue weighted by molar-refractivity contribution is 0.590. The van der Waals surface area contributed by atoms with Gasteiger partial charge < -0.3 is 0 Å². The van der Waals surface area contributed by atoms with Gasteiger partial charge in [-0.2, -0.15) is 0 Å². The van der Waals surface area contributed by atoms with Crippen LogP contribution in [0.1, 0.15) is 49.9 Å². The van der Waals surface area contributed by atoms with Crippen molar-refractivity contribution in [2.75, 3.05) is 0 Å². The standard InChI is InChI=1S/C25H28/c1-5-19-6-12-22(13-7-19)23-14-8-20(9-15-23)18-21-10-16-24(17-11-21)25(2,3)4/h6-17H,5,18H2,1-4H3. The molecule has 0 aliphatic carbocycles. The van der Waals surface area contributed by atoms with E-state index < -0.39 is 0 Å². The van der Waals surface area contributed by atoms with Gasteiger partial charge in [-0.05, 0) is 51.6 Å². The summed E-state index contributed by atoms with van der Waals surface area (Å²) in [7, 11) is 0. The van der Waals surface area contributed by atoms with E-state index in [1.54, 1.807) is 0 Å². The van der Waals surface area contributed by atoms with Crippen LogP contribution in [0.3, 0.4) is 0 Å². The van der Waals surface area contributed by atoms with Crippen molar-refractivity contribution in [3.05, 3.63) is 95.1 Å². The third-order valence-electron chi connectivity index (χ3n) is 4.88. The van der Waals surface area contributed by atoms with E-state index in [1.807, 2.05) is 0 Å². The summed E-state index contributed by atoms with van der Waals surface area (Å²) in [4.78, 5) is 0. The SMILES string of the molecule is CCc1ccc(-c2ccc(Cc3ccc(C(C)(C)C)cc3)cc2)cc1. The maximum Gasteiger partial charge on any atom is -0.00258 e. The van der Waals surface area contributed by atoms with Crippen LogP contribution in [-0.4, -0.2) is 0 Å². The Kier molecular flexibility index (Phi) is 5.08. The van der Waals surface area contributed by atoms with Gasteiger partial charge >= 0.3 is 0 Å². The lowest BCUT2D eigenvalue weighted by atomic mass is 9.86. The molecule has 0 aromatic heterocycles. The first-order chi connectivity index (χ1) is 12.0. The summed E-state index contributed by atoms with van der Waals surface area (Å²) in [6.45, 7) is 8.97. The Morgan fingerprint density at radius 1 is 0.560 bits per heavy atom. The van der Waals surface area contributed by atoms with Gasteiger partial charge in [0.05, 0.1) is 0 Å². The predicted molar refractivity (Wildman–Crippen MR) is 109 cm³/mol. The highest BCUT2D eigenvalue weighted by Gasteiger charge is 2.12. The highest BCUT2D eigenvalue weighted by Crippen LogP contribution is 2.24. The second-order valence-corrected chi connectivity index (χ2v) is 7.87. The molecule has 0 saturated heterocycles. The Morgan fingerprint density at radius 2 is 0.960 bits per heavy atom. The minimum Gasteiger partial charge on any atom is -0.0613 e. The molecule has 0 nitrogen and oxygen atoms in total. The molecule has 0 atom stereocenters. The smallest absolute Gasteiger partial charge is 0.00258 e. The average Bonchev–Trinajstić information content (AvgIpc) is 2.62. The van der Waals surface area contributed by atoms with Crippen LogP contribution >= 0.6 is 0 Å². The molecule has 128 valence electrons. The van der Waals surface area contributed by atoms with E-state index in [9.17, 15) is 0 Å². The third kappa shape index (κ3) is 4.39. The molecule has 0 heterocycles. The molecule has 0 radical (unpaired) electrons. The molecule has 0 saturated carbocycles. The zero-order valence-corrected chi connectivity index (χ0v) is 15.8. The highest BCUT2D eigenvalue weighted by molar-refractivity contribution is 5.64. The van der Waals surface area contributed by atoms with Crippen LogP contribution in [-0.2, 0) is 18.3 Å². The minimum absolute atomic E-state index is 0.216. The first-order valence-corrected chi connectivity index (χ1v) is 9.23. The summed E-state index contributed by atoms with van der Waals surface area (Å²) in [5.41, 5.74) is 8.30. The molecule has 0 heteroatoms. The fourth-order valence-corrected chi connectivity index (χ4v) is 3.11. The van der Waals surface area contributed by atoms with E-state index in [2.05, 4.69) is 100 Å². The summed E-state index contributed by atoms with van der Waals surface area (Å²) in [5, 5.41) is 0. The first-order valence-electron chi connectivity index (χ1n) is 9.23. The second-order valence-electron chi connectivity index (χ2n) is 7.87. The van der Waals surface area contributed by atoms with E-state index in [-0.39, 0.29) is 5.41 Å². The normalized spacial score (nSPS) is 11.5. The largest absolute Gasteiger partial charge is 0.0613 e. The quantitative estimate of drug-likeness (QED) is 0.494. The van der Waals surface area contributed by atoms with Crippen molar-refractivity contribution in [2.24, 2.45) is 0 Å². The predicted octanol–water partition coefficient (Wildman–Crippen LogP) is 6.80. The van der Waals surface area contributed by atoms with Crippen LogP contribution < -0.4 is 0 Å². The van der Waals surface area contributed by atoms with E-state index in [0.717, 1.165) is 12.8 Å². The van der Waals surface area contributed by atoms with E-state index in [0.29, 0.717) is 0 Å². The van der Waals surface area contributed by atoms with Crippen LogP contribution in [0, 0.1) is 0 Å². The third-order valence-corrected chi connectivity index (χ3v) is 4.88. The van der Waals surface area contributed by atoms with Gasteiger partial charge in [0.25, 0.3) is 0 Å². The van der Waals surface area contributed by atoms with Gasteiger partial charge in [-0.1, -0.05) is 100 Å². The van der Waals surface area contributed by atoms with Crippen molar-refractivity contribution in [2.45, 2.75) is 46.0 Å². The fraction of sp³-hybridized carbons (Fsp3) is 0.280. The summed E-state index contributed by atoms with van der Waals surface area (Å²) in [6, 6.07) is 26.9. The van der Waals surface area contributed by atoms with Crippen molar-refractivity contribution < 1.29 is 0 Å². The molecule has 3 rings (SSSR count). The van der Waals surface area contributed by atoms with Crippen LogP contribution in [0.2, 0.25) is 0 Å². The fourth-order valence-electron chi connectivity index (χ4n) is 3.11. The van der Waals surface area contributed by atoms with Crippen LogP contribution in [0.4, 0.5) is 0 Å². The van der Waals surface area contributed by atoms with Gasteiger partial charge in [0, 0.05) is 0 Å². The molecule has 3 aromatic rings. The number of hydrogen-bond acceptors (Lipinski definition) is 0. The zero-order chi connectivity index (χ0) is 17.9. The van der Waals surface area contributed by atoms with Gasteiger partial charge in [0.15, 0.2) is 0 Å². The van der Waals surface area contributed by atoms with E-state index >= 15 is 0 Å². The van der Waals surface area contributed by atoms with Gasteiger partial charge in [-0.15, -0.1) is 0 Å². The molecular formula is C25H28. The molecule has 0 amide bonds. The monoisotopic (exact) mass is 328 g/mol. The molecule has 0 N–H and O–H groups in total. The molecule has 0 fully saturated rings. The number of hydrogen-bond donors (Lipinski definition) is 0. The highest BCUT2D eigenvalue weighted by atomic mass is 14.2. The van der Waals surface area contributed by atoms with Gasteiger partial charge in [0.2, 0.25) is 0 Å². The van der Waals surface area contributed by atoms with Crippen molar-refractivity contribution in [1.82, 2.24) is 0 Å². The molecule has 25 heavy (non-hydrogen) atoms. The van der Waals surface area contributed by atoms with Crippen molar-refractivity contribution >= 4 is 0 Å². The topological polar surface area (TPSA) is 0 Å². The molecule has 3 aromatic carbocycles. The van der Waals surface area contributed by atoms with Crippen molar-refractivity contribution in [1.29, 1.82) is 0 Å². The number of aryl methyl sites for hydroxylation is 1. The number of rotatable bonds is 4. The summed E-state index contributed by atoms with van der Waals surface area (Å²) < 4.78 is 0. The van der Waals surface area contributed by atoms with Crippen molar-refractivity contribution in [3.8, 4) is 11.1 Å². The Bertz CT molecular complexity index is 798. The zero-order valence-electron chi connectivity index (χ0n) is 15.8. The Labute approximate surface area is 152 Å². The maximum absolute atomic E-state index is 2.26. The summed E-state index contributed by atoms with van der Waals surface area (Å²) >= 11 is 0. The van der Waals surface area contributed by atoms with Crippen LogP contribution in [0.5, 0.6) is 0 Å². The molecule has 0 unspecified atom stereocenters. The van der Waals surface area contributed by atoms with Crippen LogP contribution in [0.25, 0.3) is 11.1 Å². The maximum atomic E-state index is 2.26. The van der Waals surface area contributed by atoms with Gasteiger partial charge in [-0.25, -0.2) is 0 Å². The lowest BCUT2D eigenvalue weighted by Crippen LogP contribution is -2.10. The lowest BCUT2D eigenvalue weighted by Gasteiger charge is -2.19. The Balaban J connectivity index is 1.72. The van der Waals surface area contributed by atoms with Crippen LogP contribution in [0.15, 0.2) is 72.8 Å². The average molecular weight is 328 g/mol. The molecular weight excluding hydrogens is 300 g/mol. The minimum atomic E-state index is 0.216. The van der Waals surface area contributed by atoms with Gasteiger partial charge in [0.1, 0.15) is 0 Å². The van der Waals surface area contributed by atoms with E-state index in [1.165, 1.54) is 33.4 Å². The molecule has 0 bridgehead atoms. The molecule has 0 aliphatic rings. The first kappa shape index (κ1) is 17.5. The van der Waals surface area contributed by atoms with E-state index in [4.69, 9.17) is 0 Å². The molecule has 0 aliphatic heterocycles.